The van der Waals surface area contributed by atoms with Crippen LogP contribution in [-0.2, 0) is 32.7 Å². The number of hydrogen-bond acceptors (Lipinski definition) is 11. The van der Waals surface area contributed by atoms with E-state index in [9.17, 15) is 30.7 Å². The molecule has 4 heterocycles. The van der Waals surface area contributed by atoms with Gasteiger partial charge in [0, 0.05) is 0 Å². The van der Waals surface area contributed by atoms with E-state index >= 15 is 0 Å². The normalized spacial score (nSPS) is 16.5. The first kappa shape index (κ1) is 29.2. The number of fused-ring (bicyclic) bond motifs is 1. The van der Waals surface area contributed by atoms with Crippen molar-refractivity contribution >= 4 is 96.1 Å². The zero-order valence-corrected chi connectivity index (χ0v) is 26.4. The van der Waals surface area contributed by atoms with Gasteiger partial charge in [0.25, 0.3) is 0 Å². The van der Waals surface area contributed by atoms with Gasteiger partial charge in [-0.2, -0.15) is 0 Å². The number of benzene rings is 1. The molecule has 0 atom stereocenters. The van der Waals surface area contributed by atoms with Crippen molar-refractivity contribution in [3.8, 4) is 0 Å². The summed E-state index contributed by atoms with van der Waals surface area (Å²) in [5, 5.41) is 4.08. The molecule has 40 heavy (non-hydrogen) atoms. The van der Waals surface area contributed by atoms with Crippen LogP contribution in [0.4, 0.5) is 0 Å². The molecule has 0 unspecified atom stereocenters. The van der Waals surface area contributed by atoms with E-state index < -0.39 is 32.0 Å². The van der Waals surface area contributed by atoms with Gasteiger partial charge in [0.05, 0.1) is 0 Å². The summed E-state index contributed by atoms with van der Waals surface area (Å²) < 4.78 is 75.5. The van der Waals surface area contributed by atoms with Crippen LogP contribution in [0.1, 0.15) is 17.1 Å². The van der Waals surface area contributed by atoms with E-state index in [0.29, 0.717) is 36.6 Å². The summed E-state index contributed by atoms with van der Waals surface area (Å²) in [7, 11) is -9.14. The third kappa shape index (κ3) is 6.45. The summed E-state index contributed by atoms with van der Waals surface area (Å²) in [6.07, 6.45) is 4.96. The van der Waals surface area contributed by atoms with Gasteiger partial charge in [-0.3, -0.25) is 0 Å². The Balaban J connectivity index is 1.58. The van der Waals surface area contributed by atoms with Gasteiger partial charge in [0.15, 0.2) is 0 Å². The summed E-state index contributed by atoms with van der Waals surface area (Å²) >= 11 is 3.71. The Morgan fingerprint density at radius 2 is 1.80 bits per heavy atom. The van der Waals surface area contributed by atoms with Crippen LogP contribution in [0.5, 0.6) is 0 Å². The Labute approximate surface area is 247 Å². The SMILES string of the molecule is CCn1c(=Cc2[se]c3sccc3[n+]2CS(=O)(=O)[O-])s/c(=C/C=C2\SC=C(c3ccccc3)N2CS(=O)(=O)[O-])c1=O. The van der Waals surface area contributed by atoms with Crippen LogP contribution in [0.2, 0.25) is 0 Å². The summed E-state index contributed by atoms with van der Waals surface area (Å²) in [4.78, 5) is 14.6. The van der Waals surface area contributed by atoms with Gasteiger partial charge < -0.3 is 0 Å². The molecule has 1 aliphatic rings. The topological polar surface area (TPSA) is 144 Å². The number of aromatic nitrogens is 2. The van der Waals surface area contributed by atoms with E-state index in [1.165, 1.54) is 43.9 Å². The van der Waals surface area contributed by atoms with Crippen LogP contribution >= 0.6 is 34.4 Å². The van der Waals surface area contributed by atoms with E-state index in [-0.39, 0.29) is 20.1 Å². The monoisotopic (exact) mass is 702 g/mol. The molecule has 0 amide bonds. The van der Waals surface area contributed by atoms with Crippen molar-refractivity contribution in [3.63, 3.8) is 0 Å². The molecule has 0 spiro atoms. The fourth-order valence-corrected chi connectivity index (χ4v) is 11.4. The molecule has 210 valence electrons. The second kappa shape index (κ2) is 11.5. The van der Waals surface area contributed by atoms with Crippen molar-refractivity contribution in [1.29, 1.82) is 0 Å². The number of thioether (sulfide) groups is 1. The van der Waals surface area contributed by atoms with Gasteiger partial charge in [0.1, 0.15) is 0 Å². The molecule has 3 aromatic heterocycles. The molecule has 0 radical (unpaired) electrons. The molecule has 0 fully saturated rings. The summed E-state index contributed by atoms with van der Waals surface area (Å²) in [5.41, 5.74) is 1.75. The quantitative estimate of drug-likeness (QED) is 0.149. The van der Waals surface area contributed by atoms with Crippen molar-refractivity contribution in [3.05, 3.63) is 88.0 Å². The number of nitrogens with zero attached hydrogens (tertiary/aromatic N) is 3. The second-order valence-electron chi connectivity index (χ2n) is 8.42. The molecule has 0 bridgehead atoms. The van der Waals surface area contributed by atoms with Crippen LogP contribution in [0.15, 0.2) is 63.1 Å². The zero-order valence-electron chi connectivity index (χ0n) is 20.6. The Hall–Kier alpha value is -2.27. The van der Waals surface area contributed by atoms with Gasteiger partial charge in [-0.25, -0.2) is 0 Å². The maximum absolute atomic E-state index is 13.2. The number of allylic oxidation sites excluding steroid dienone is 1. The zero-order chi connectivity index (χ0) is 28.7. The molecule has 1 aromatic carbocycles. The van der Waals surface area contributed by atoms with Crippen molar-refractivity contribution < 1.29 is 30.5 Å². The van der Waals surface area contributed by atoms with Gasteiger partial charge in [0.2, 0.25) is 0 Å². The van der Waals surface area contributed by atoms with Crippen molar-refractivity contribution in [2.24, 2.45) is 0 Å². The van der Waals surface area contributed by atoms with E-state index in [0.717, 1.165) is 9.14 Å². The fourth-order valence-electron chi connectivity index (χ4n) is 4.06. The average molecular weight is 702 g/mol. The van der Waals surface area contributed by atoms with E-state index in [2.05, 4.69) is 0 Å². The van der Waals surface area contributed by atoms with Crippen LogP contribution < -0.4 is 19.3 Å². The Morgan fingerprint density at radius 3 is 2.48 bits per heavy atom. The third-order valence-electron chi connectivity index (χ3n) is 5.73. The molecule has 4 aromatic rings. The molecular weight excluding hydrogens is 682 g/mol. The Morgan fingerprint density at radius 1 is 1.05 bits per heavy atom. The van der Waals surface area contributed by atoms with Gasteiger partial charge in [-0.15, -0.1) is 0 Å². The summed E-state index contributed by atoms with van der Waals surface area (Å²) in [6, 6.07) is 10.9. The third-order valence-corrected chi connectivity index (χ3v) is 12.6. The predicted molar refractivity (Wildman–Crippen MR) is 157 cm³/mol. The molecule has 5 rings (SSSR count). The fraction of sp³-hybridized carbons (Fsp3) is 0.167. The van der Waals surface area contributed by atoms with E-state index in [1.54, 1.807) is 34.3 Å². The summed E-state index contributed by atoms with van der Waals surface area (Å²) in [5.74, 6) is -1.45. The standard InChI is InChI=1S/C24H21N3O7S5Se/c1-2-25-21(12-22-27(15-39(32,33)34)17-10-11-35-24(17)40-22)37-19(23(25)28)8-9-20-26(14-38(29,30)31)18(13-36-20)16-6-4-3-5-7-16/h3-13H,2,14-15H2,1H3,(H-,29,30,31,32,33,34)/p-1/b19-8+,20-9-. The molecule has 0 saturated carbocycles. The molecule has 1 aliphatic heterocycles. The molecule has 0 saturated heterocycles. The van der Waals surface area contributed by atoms with Crippen LogP contribution in [-0.4, -0.2) is 55.8 Å². The molecular formula is C24H20N3O7S5Se-. The molecule has 16 heteroatoms. The Kier molecular flexibility index (Phi) is 8.44. The molecule has 0 aliphatic carbocycles. The van der Waals surface area contributed by atoms with Crippen LogP contribution in [0.3, 0.4) is 0 Å². The minimum absolute atomic E-state index is 0.233. The van der Waals surface area contributed by atoms with E-state index in [1.807, 2.05) is 42.6 Å². The first-order chi connectivity index (χ1) is 18.9. The van der Waals surface area contributed by atoms with Crippen molar-refractivity contribution in [2.75, 3.05) is 5.88 Å². The molecule has 0 N–H and O–H groups in total. The van der Waals surface area contributed by atoms with E-state index in [4.69, 9.17) is 0 Å². The molecule has 10 nitrogen and oxygen atoms in total. The number of rotatable bonds is 8. The van der Waals surface area contributed by atoms with Crippen molar-refractivity contribution in [1.82, 2.24) is 9.47 Å². The first-order valence-corrected chi connectivity index (χ1v) is 19.0. The first-order valence-electron chi connectivity index (χ1n) is 11.5. The van der Waals surface area contributed by atoms with Crippen LogP contribution in [0, 0.1) is 0 Å². The maximum atomic E-state index is 13.2. The second-order valence-corrected chi connectivity index (χ2v) is 16.8. The predicted octanol–water partition coefficient (Wildman–Crippen LogP) is 0.992. The Bertz CT molecular complexity index is 2050. The van der Waals surface area contributed by atoms with Crippen molar-refractivity contribution in [2.45, 2.75) is 19.3 Å². The summed E-state index contributed by atoms with van der Waals surface area (Å²) in [6.45, 7) is 2.18. The average Bonchev–Trinajstić information content (AvgIpc) is 3.62. The van der Waals surface area contributed by atoms with Crippen LogP contribution in [0.25, 0.3) is 26.9 Å². The minimum atomic E-state index is -4.60. The van der Waals surface area contributed by atoms with Gasteiger partial charge >= 0.3 is 231 Å². The van der Waals surface area contributed by atoms with Gasteiger partial charge in [-0.05, 0) is 0 Å². The number of thiazole rings is 1. The van der Waals surface area contributed by atoms with Gasteiger partial charge in [-0.1, -0.05) is 18.2 Å². The number of hydrogen-bond donors (Lipinski definition) is 0. The number of thiophene rings is 1.